The molecule has 8 heteroatoms. The van der Waals surface area contributed by atoms with E-state index in [4.69, 9.17) is 0 Å². The summed E-state index contributed by atoms with van der Waals surface area (Å²) in [5.41, 5.74) is 2.15. The first kappa shape index (κ1) is 19.9. The van der Waals surface area contributed by atoms with Gasteiger partial charge in [-0.25, -0.2) is 0 Å². The minimum Gasteiger partial charge on any atom is -0.373 e. The highest BCUT2D eigenvalue weighted by molar-refractivity contribution is 5.96. The molecule has 0 spiro atoms. The van der Waals surface area contributed by atoms with Gasteiger partial charge in [-0.3, -0.25) is 19.7 Å². The number of nitrogens with zero attached hydrogens (tertiary/aromatic N) is 1. The molecule has 2 saturated carbocycles. The smallest absolute Gasteiger partial charge is 0.293 e. The van der Waals surface area contributed by atoms with E-state index in [1.54, 1.807) is 12.1 Å². The van der Waals surface area contributed by atoms with Crippen LogP contribution < -0.4 is 16.0 Å². The van der Waals surface area contributed by atoms with Gasteiger partial charge in [0.2, 0.25) is 5.91 Å². The van der Waals surface area contributed by atoms with Crippen molar-refractivity contribution < 1.29 is 14.5 Å². The largest absolute Gasteiger partial charge is 0.373 e. The summed E-state index contributed by atoms with van der Waals surface area (Å²) in [7, 11) is 0. The van der Waals surface area contributed by atoms with Crippen molar-refractivity contribution in [2.24, 2.45) is 5.92 Å². The third-order valence-electron chi connectivity index (χ3n) is 5.37. The Balaban J connectivity index is 1.44. The van der Waals surface area contributed by atoms with Crippen molar-refractivity contribution >= 4 is 28.9 Å². The van der Waals surface area contributed by atoms with E-state index in [9.17, 15) is 19.7 Å². The van der Waals surface area contributed by atoms with E-state index < -0.39 is 4.92 Å². The molecule has 3 N–H and O–H groups in total. The number of nitro benzene ring substituents is 1. The van der Waals surface area contributed by atoms with Gasteiger partial charge in [-0.15, -0.1) is 0 Å². The van der Waals surface area contributed by atoms with Gasteiger partial charge in [-0.1, -0.05) is 12.1 Å². The summed E-state index contributed by atoms with van der Waals surface area (Å²) >= 11 is 0. The van der Waals surface area contributed by atoms with Gasteiger partial charge in [-0.05, 0) is 62.4 Å². The number of anilines is 2. The Kier molecular flexibility index (Phi) is 5.39. The van der Waals surface area contributed by atoms with Crippen LogP contribution in [0.2, 0.25) is 0 Å². The van der Waals surface area contributed by atoms with E-state index in [0.717, 1.165) is 36.9 Å². The van der Waals surface area contributed by atoms with E-state index in [2.05, 4.69) is 16.0 Å². The van der Waals surface area contributed by atoms with Crippen molar-refractivity contribution in [1.82, 2.24) is 5.32 Å². The maximum Gasteiger partial charge on any atom is 0.293 e. The SMILES string of the molecule is CC(Nc1ccc(C(=O)NC2CC2)cc1[N+](=O)[O-])c1ccc(NC(=O)C2CC2)cc1. The standard InChI is InChI=1S/C22H24N4O4/c1-13(14-4-7-17(8-5-14)24-21(27)15-2-3-15)23-19-11-6-16(12-20(19)26(29)30)22(28)25-18-9-10-18/h4-8,11-13,15,18,23H,2-3,9-10H2,1H3,(H,24,27)(H,25,28). The molecule has 1 atom stereocenters. The van der Waals surface area contributed by atoms with Crippen LogP contribution in [0.1, 0.15) is 54.6 Å². The van der Waals surface area contributed by atoms with E-state index in [1.807, 2.05) is 31.2 Å². The molecule has 0 heterocycles. The van der Waals surface area contributed by atoms with E-state index in [0.29, 0.717) is 5.69 Å². The van der Waals surface area contributed by atoms with Crippen LogP contribution in [0.4, 0.5) is 17.1 Å². The first-order valence-corrected chi connectivity index (χ1v) is 10.2. The van der Waals surface area contributed by atoms with E-state index >= 15 is 0 Å². The number of hydrogen-bond donors (Lipinski definition) is 3. The van der Waals surface area contributed by atoms with Crippen molar-refractivity contribution in [3.8, 4) is 0 Å². The second kappa shape index (κ2) is 8.14. The van der Waals surface area contributed by atoms with Gasteiger partial charge in [0.1, 0.15) is 5.69 Å². The molecule has 2 aliphatic carbocycles. The van der Waals surface area contributed by atoms with E-state index in [-0.39, 0.29) is 41.1 Å². The molecule has 2 fully saturated rings. The van der Waals surface area contributed by atoms with Crippen LogP contribution in [-0.2, 0) is 4.79 Å². The molecule has 2 aliphatic rings. The number of carbonyl (C=O) groups excluding carboxylic acids is 2. The van der Waals surface area contributed by atoms with Gasteiger partial charge in [0.15, 0.2) is 0 Å². The third-order valence-corrected chi connectivity index (χ3v) is 5.37. The predicted molar refractivity (Wildman–Crippen MR) is 113 cm³/mol. The molecule has 0 saturated heterocycles. The molecule has 2 aromatic carbocycles. The Morgan fingerprint density at radius 3 is 2.37 bits per heavy atom. The number of nitro groups is 1. The molecule has 156 valence electrons. The summed E-state index contributed by atoms with van der Waals surface area (Å²) in [5, 5.41) is 20.4. The molecule has 2 aromatic rings. The highest BCUT2D eigenvalue weighted by atomic mass is 16.6. The van der Waals surface area contributed by atoms with Crippen molar-refractivity contribution in [3.05, 3.63) is 63.7 Å². The molecule has 0 aliphatic heterocycles. The van der Waals surface area contributed by atoms with Gasteiger partial charge in [-0.2, -0.15) is 0 Å². The molecule has 30 heavy (non-hydrogen) atoms. The van der Waals surface area contributed by atoms with Crippen LogP contribution >= 0.6 is 0 Å². The van der Waals surface area contributed by atoms with Crippen LogP contribution in [0.5, 0.6) is 0 Å². The molecular weight excluding hydrogens is 384 g/mol. The lowest BCUT2D eigenvalue weighted by Gasteiger charge is -2.17. The Bertz CT molecular complexity index is 981. The van der Waals surface area contributed by atoms with Gasteiger partial charge in [0.05, 0.1) is 4.92 Å². The molecule has 0 bridgehead atoms. The average molecular weight is 408 g/mol. The lowest BCUT2D eigenvalue weighted by atomic mass is 10.1. The Hall–Kier alpha value is -3.42. The Morgan fingerprint density at radius 1 is 1.07 bits per heavy atom. The van der Waals surface area contributed by atoms with Crippen molar-refractivity contribution in [2.45, 2.75) is 44.7 Å². The van der Waals surface area contributed by atoms with Crippen molar-refractivity contribution in [3.63, 3.8) is 0 Å². The van der Waals surface area contributed by atoms with E-state index in [1.165, 1.54) is 6.07 Å². The zero-order valence-corrected chi connectivity index (χ0v) is 16.7. The number of amides is 2. The fourth-order valence-corrected chi connectivity index (χ4v) is 3.20. The molecule has 8 nitrogen and oxygen atoms in total. The topological polar surface area (TPSA) is 113 Å². The summed E-state index contributed by atoms with van der Waals surface area (Å²) in [4.78, 5) is 35.1. The summed E-state index contributed by atoms with van der Waals surface area (Å²) in [6.45, 7) is 1.90. The van der Waals surface area contributed by atoms with Crippen LogP contribution in [0.15, 0.2) is 42.5 Å². The summed E-state index contributed by atoms with van der Waals surface area (Å²) in [6, 6.07) is 11.9. The van der Waals surface area contributed by atoms with Crippen LogP contribution in [0, 0.1) is 16.0 Å². The number of benzene rings is 2. The Labute approximate surface area is 174 Å². The van der Waals surface area contributed by atoms with Crippen LogP contribution in [-0.4, -0.2) is 22.8 Å². The fraction of sp³-hybridized carbons (Fsp3) is 0.364. The van der Waals surface area contributed by atoms with Crippen LogP contribution in [0.3, 0.4) is 0 Å². The molecule has 0 radical (unpaired) electrons. The zero-order valence-electron chi connectivity index (χ0n) is 16.7. The molecule has 0 aromatic heterocycles. The minimum absolute atomic E-state index is 0.0513. The van der Waals surface area contributed by atoms with Gasteiger partial charge in [0.25, 0.3) is 11.6 Å². The molecule has 4 rings (SSSR count). The zero-order chi connectivity index (χ0) is 21.3. The van der Waals surface area contributed by atoms with Gasteiger partial charge >= 0.3 is 0 Å². The van der Waals surface area contributed by atoms with Crippen molar-refractivity contribution in [1.29, 1.82) is 0 Å². The summed E-state index contributed by atoms with van der Waals surface area (Å²) in [6.07, 6.45) is 3.80. The van der Waals surface area contributed by atoms with Gasteiger partial charge < -0.3 is 16.0 Å². The number of carbonyl (C=O) groups is 2. The molecule has 1 unspecified atom stereocenters. The monoisotopic (exact) mass is 408 g/mol. The summed E-state index contributed by atoms with van der Waals surface area (Å²) in [5.74, 6) is -0.0977. The van der Waals surface area contributed by atoms with Crippen molar-refractivity contribution in [2.75, 3.05) is 10.6 Å². The quantitative estimate of drug-likeness (QED) is 0.451. The molecule has 2 amide bonds. The number of nitrogens with one attached hydrogen (secondary N) is 3. The third kappa shape index (κ3) is 4.76. The predicted octanol–water partition coefficient (Wildman–Crippen LogP) is 4.01. The number of hydrogen-bond acceptors (Lipinski definition) is 5. The maximum absolute atomic E-state index is 12.2. The Morgan fingerprint density at radius 2 is 1.77 bits per heavy atom. The first-order valence-electron chi connectivity index (χ1n) is 10.2. The van der Waals surface area contributed by atoms with Gasteiger partial charge in [0, 0.05) is 35.3 Å². The summed E-state index contributed by atoms with van der Waals surface area (Å²) < 4.78 is 0. The van der Waals surface area contributed by atoms with Crippen LogP contribution in [0.25, 0.3) is 0 Å². The lowest BCUT2D eigenvalue weighted by molar-refractivity contribution is -0.384. The second-order valence-corrected chi connectivity index (χ2v) is 7.99. The average Bonchev–Trinajstić information content (AvgIpc) is 3.62. The fourth-order valence-electron chi connectivity index (χ4n) is 3.20. The maximum atomic E-state index is 12.2. The normalized spacial score (nSPS) is 16.4. The first-order chi connectivity index (χ1) is 14.4. The second-order valence-electron chi connectivity index (χ2n) is 7.99. The minimum atomic E-state index is -0.487. The highest BCUT2D eigenvalue weighted by Crippen LogP contribution is 2.32. The molecular formula is C22H24N4O4. The lowest BCUT2D eigenvalue weighted by Crippen LogP contribution is -2.25. The highest BCUT2D eigenvalue weighted by Gasteiger charge is 2.29. The number of rotatable bonds is 8.